The number of ether oxygens (including phenoxy) is 2. The maximum atomic E-state index is 5.40. The van der Waals surface area contributed by atoms with E-state index in [0.29, 0.717) is 0 Å². The highest BCUT2D eigenvalue weighted by Crippen LogP contribution is 1.95. The normalized spacial score (nSPS) is 15.2. The summed E-state index contributed by atoms with van der Waals surface area (Å²) in [5.41, 5.74) is 0. The molecule has 4 heteroatoms. The molecule has 0 radical (unpaired) electrons. The van der Waals surface area contributed by atoms with Crippen LogP contribution in [0.1, 0.15) is 41.0 Å². The Balaban J connectivity index is 0. The van der Waals surface area contributed by atoms with E-state index in [1.807, 2.05) is 20.9 Å². The molecule has 124 valence electrons. The van der Waals surface area contributed by atoms with Gasteiger partial charge in [-0.05, 0) is 25.9 Å². The SMILES string of the molecule is CC.CCCOCCN1CCOCC1.CNCC(C)C. The Labute approximate surface area is 127 Å². The predicted molar refractivity (Wildman–Crippen MR) is 88.5 cm³/mol. The third-order valence-electron chi connectivity index (χ3n) is 2.62. The second kappa shape index (κ2) is 18.8. The van der Waals surface area contributed by atoms with E-state index < -0.39 is 0 Å². The maximum Gasteiger partial charge on any atom is 0.0594 e. The van der Waals surface area contributed by atoms with Crippen molar-refractivity contribution in [3.63, 3.8) is 0 Å². The first-order valence-electron chi connectivity index (χ1n) is 8.23. The molecule has 0 unspecified atom stereocenters. The number of hydrogen-bond acceptors (Lipinski definition) is 4. The highest BCUT2D eigenvalue weighted by molar-refractivity contribution is 4.60. The summed E-state index contributed by atoms with van der Waals surface area (Å²) in [5, 5.41) is 3.07. The van der Waals surface area contributed by atoms with Gasteiger partial charge in [0, 0.05) is 26.2 Å². The largest absolute Gasteiger partial charge is 0.380 e. The van der Waals surface area contributed by atoms with E-state index in [4.69, 9.17) is 9.47 Å². The van der Waals surface area contributed by atoms with Crippen LogP contribution >= 0.6 is 0 Å². The van der Waals surface area contributed by atoms with Gasteiger partial charge in [0.15, 0.2) is 0 Å². The molecule has 1 rings (SSSR count). The van der Waals surface area contributed by atoms with Crippen LogP contribution in [0, 0.1) is 5.92 Å². The molecule has 4 nitrogen and oxygen atoms in total. The van der Waals surface area contributed by atoms with Crippen LogP contribution < -0.4 is 5.32 Å². The molecule has 1 N–H and O–H groups in total. The van der Waals surface area contributed by atoms with Crippen molar-refractivity contribution in [2.45, 2.75) is 41.0 Å². The molecular formula is C16H38N2O2. The smallest absolute Gasteiger partial charge is 0.0594 e. The molecule has 1 saturated heterocycles. The van der Waals surface area contributed by atoms with Gasteiger partial charge in [-0.1, -0.05) is 34.6 Å². The highest BCUT2D eigenvalue weighted by atomic mass is 16.5. The summed E-state index contributed by atoms with van der Waals surface area (Å²) in [6.07, 6.45) is 1.11. The summed E-state index contributed by atoms with van der Waals surface area (Å²) >= 11 is 0. The van der Waals surface area contributed by atoms with Gasteiger partial charge in [0.25, 0.3) is 0 Å². The molecule has 0 spiro atoms. The zero-order valence-electron chi connectivity index (χ0n) is 14.7. The first-order chi connectivity index (χ1) is 9.70. The van der Waals surface area contributed by atoms with E-state index in [0.717, 1.165) is 64.9 Å². The van der Waals surface area contributed by atoms with Crippen LogP contribution in [0.5, 0.6) is 0 Å². The van der Waals surface area contributed by atoms with Crippen LogP contribution in [0.4, 0.5) is 0 Å². The molecule has 20 heavy (non-hydrogen) atoms. The van der Waals surface area contributed by atoms with Crippen molar-refractivity contribution in [1.29, 1.82) is 0 Å². The Morgan fingerprint density at radius 1 is 1.15 bits per heavy atom. The van der Waals surface area contributed by atoms with Crippen molar-refractivity contribution in [1.82, 2.24) is 10.2 Å². The molecule has 0 aliphatic carbocycles. The summed E-state index contributed by atoms with van der Waals surface area (Å²) in [5.74, 6) is 0.787. The standard InChI is InChI=1S/C9H19NO2.C5H13N.C2H6/c1-2-6-11-7-3-10-4-8-12-9-5-10;1-5(2)4-6-3;1-2/h2-9H2,1H3;5-6H,4H2,1-3H3;1-2H3. The van der Waals surface area contributed by atoms with Crippen LogP contribution in [-0.2, 0) is 9.47 Å². The lowest BCUT2D eigenvalue weighted by atomic mass is 10.2. The third-order valence-corrected chi connectivity index (χ3v) is 2.62. The Morgan fingerprint density at radius 2 is 1.75 bits per heavy atom. The van der Waals surface area contributed by atoms with E-state index >= 15 is 0 Å². The van der Waals surface area contributed by atoms with Crippen molar-refractivity contribution in [3.05, 3.63) is 0 Å². The Morgan fingerprint density at radius 3 is 2.15 bits per heavy atom. The monoisotopic (exact) mass is 290 g/mol. The number of rotatable bonds is 7. The molecule has 0 bridgehead atoms. The lowest BCUT2D eigenvalue weighted by Crippen LogP contribution is -2.38. The van der Waals surface area contributed by atoms with Crippen molar-refractivity contribution in [2.75, 3.05) is 59.7 Å². The van der Waals surface area contributed by atoms with E-state index in [-0.39, 0.29) is 0 Å². The van der Waals surface area contributed by atoms with Crippen LogP contribution in [-0.4, -0.2) is 64.6 Å². The fourth-order valence-corrected chi connectivity index (χ4v) is 1.67. The lowest BCUT2D eigenvalue weighted by molar-refractivity contribution is 0.0205. The molecule has 0 amide bonds. The number of morpholine rings is 1. The highest BCUT2D eigenvalue weighted by Gasteiger charge is 2.08. The first kappa shape index (κ1) is 22.1. The molecule has 0 aromatic carbocycles. The molecule has 1 heterocycles. The topological polar surface area (TPSA) is 33.7 Å². The zero-order valence-corrected chi connectivity index (χ0v) is 14.7. The number of nitrogens with zero attached hydrogens (tertiary/aromatic N) is 1. The summed E-state index contributed by atoms with van der Waals surface area (Å²) in [4.78, 5) is 2.39. The van der Waals surface area contributed by atoms with Gasteiger partial charge in [-0.25, -0.2) is 0 Å². The first-order valence-corrected chi connectivity index (χ1v) is 8.23. The van der Waals surface area contributed by atoms with Crippen molar-refractivity contribution < 1.29 is 9.47 Å². The predicted octanol–water partition coefficient (Wildman–Crippen LogP) is 2.63. The van der Waals surface area contributed by atoms with Gasteiger partial charge < -0.3 is 14.8 Å². The molecule has 1 fully saturated rings. The second-order valence-electron chi connectivity index (χ2n) is 5.02. The summed E-state index contributed by atoms with van der Waals surface area (Å²) < 4.78 is 10.6. The van der Waals surface area contributed by atoms with Crippen molar-refractivity contribution in [2.24, 2.45) is 5.92 Å². The van der Waals surface area contributed by atoms with E-state index in [1.165, 1.54) is 0 Å². The van der Waals surface area contributed by atoms with Gasteiger partial charge >= 0.3 is 0 Å². The fourth-order valence-electron chi connectivity index (χ4n) is 1.67. The average molecular weight is 290 g/mol. The molecule has 1 aliphatic heterocycles. The summed E-state index contributed by atoms with van der Waals surface area (Å²) in [6, 6.07) is 0. The minimum atomic E-state index is 0.787. The van der Waals surface area contributed by atoms with Gasteiger partial charge in [-0.2, -0.15) is 0 Å². The van der Waals surface area contributed by atoms with Gasteiger partial charge in [0.05, 0.1) is 19.8 Å². The van der Waals surface area contributed by atoms with E-state index in [2.05, 4.69) is 31.0 Å². The molecule has 0 saturated carbocycles. The number of nitrogens with one attached hydrogen (secondary N) is 1. The second-order valence-corrected chi connectivity index (χ2v) is 5.02. The molecule has 0 atom stereocenters. The minimum absolute atomic E-state index is 0.787. The lowest BCUT2D eigenvalue weighted by Gasteiger charge is -2.26. The Bertz CT molecular complexity index is 161. The Kier molecular flexibility index (Phi) is 20.8. The summed E-state index contributed by atoms with van der Waals surface area (Å²) in [7, 11) is 1.97. The molecule has 0 aromatic rings. The number of hydrogen-bond donors (Lipinski definition) is 1. The van der Waals surface area contributed by atoms with Crippen LogP contribution in [0.2, 0.25) is 0 Å². The fraction of sp³-hybridized carbons (Fsp3) is 1.00. The van der Waals surface area contributed by atoms with Crippen LogP contribution in [0.25, 0.3) is 0 Å². The van der Waals surface area contributed by atoms with Crippen molar-refractivity contribution >= 4 is 0 Å². The maximum absolute atomic E-state index is 5.40. The zero-order chi connectivity index (χ0) is 15.6. The Hall–Kier alpha value is -0.160. The minimum Gasteiger partial charge on any atom is -0.380 e. The van der Waals surface area contributed by atoms with Gasteiger partial charge in [-0.15, -0.1) is 0 Å². The van der Waals surface area contributed by atoms with E-state index in [9.17, 15) is 0 Å². The van der Waals surface area contributed by atoms with Crippen LogP contribution in [0.15, 0.2) is 0 Å². The molecular weight excluding hydrogens is 252 g/mol. The average Bonchev–Trinajstić information content (AvgIpc) is 2.47. The van der Waals surface area contributed by atoms with Gasteiger partial charge in [0.1, 0.15) is 0 Å². The van der Waals surface area contributed by atoms with Gasteiger partial charge in [0.2, 0.25) is 0 Å². The molecule has 1 aliphatic rings. The summed E-state index contributed by atoms with van der Waals surface area (Å²) in [6.45, 7) is 18.4. The molecule has 0 aromatic heterocycles. The van der Waals surface area contributed by atoms with Crippen molar-refractivity contribution in [3.8, 4) is 0 Å². The van der Waals surface area contributed by atoms with Gasteiger partial charge in [-0.3, -0.25) is 4.90 Å². The van der Waals surface area contributed by atoms with E-state index in [1.54, 1.807) is 0 Å². The third kappa shape index (κ3) is 17.8. The quantitative estimate of drug-likeness (QED) is 0.731. The van der Waals surface area contributed by atoms with Crippen LogP contribution in [0.3, 0.4) is 0 Å².